The average molecular weight is 389 g/mol. The van der Waals surface area contributed by atoms with Crippen molar-refractivity contribution >= 4 is 35.2 Å². The molecule has 2 aliphatic heterocycles. The van der Waals surface area contributed by atoms with Crippen molar-refractivity contribution in [3.63, 3.8) is 0 Å². The molecule has 2 aliphatic rings. The molecule has 0 radical (unpaired) electrons. The van der Waals surface area contributed by atoms with E-state index in [1.54, 1.807) is 11.8 Å². The summed E-state index contributed by atoms with van der Waals surface area (Å²) in [7, 11) is 0. The van der Waals surface area contributed by atoms with E-state index in [0.29, 0.717) is 12.1 Å². The first-order valence-corrected chi connectivity index (χ1v) is 9.65. The molecular formula is C17H19N5O4S. The van der Waals surface area contributed by atoms with Crippen LogP contribution < -0.4 is 10.6 Å². The number of aliphatic carboxylic acids is 1. The number of rotatable bonds is 8. The highest BCUT2D eigenvalue weighted by Gasteiger charge is 2.42. The lowest BCUT2D eigenvalue weighted by atomic mass is 9.91. The molecular weight excluding hydrogens is 370 g/mol. The summed E-state index contributed by atoms with van der Waals surface area (Å²) in [5, 5.41) is 18.9. The molecule has 10 heteroatoms. The number of fused-ring (bicyclic) bond motifs is 1. The van der Waals surface area contributed by atoms with Crippen molar-refractivity contribution in [2.45, 2.75) is 36.6 Å². The molecule has 9 nitrogen and oxygen atoms in total. The number of ketones is 1. The van der Waals surface area contributed by atoms with Crippen LogP contribution in [0.3, 0.4) is 0 Å². The Morgan fingerprint density at radius 2 is 2.07 bits per heavy atom. The van der Waals surface area contributed by atoms with Crippen molar-refractivity contribution in [2.75, 3.05) is 5.75 Å². The molecule has 0 spiro atoms. The van der Waals surface area contributed by atoms with Gasteiger partial charge in [-0.15, -0.1) is 0 Å². The van der Waals surface area contributed by atoms with Crippen LogP contribution >= 0.6 is 11.8 Å². The van der Waals surface area contributed by atoms with Gasteiger partial charge in [-0.2, -0.15) is 11.8 Å². The van der Waals surface area contributed by atoms with Gasteiger partial charge in [-0.3, -0.25) is 9.59 Å². The van der Waals surface area contributed by atoms with Gasteiger partial charge in [-0.1, -0.05) is 35.8 Å². The van der Waals surface area contributed by atoms with Crippen LogP contribution in [0.2, 0.25) is 0 Å². The Labute approximate surface area is 159 Å². The lowest BCUT2D eigenvalue weighted by molar-refractivity contribution is -0.140. The lowest BCUT2D eigenvalue weighted by Crippen LogP contribution is -2.37. The summed E-state index contributed by atoms with van der Waals surface area (Å²) in [6.07, 6.45) is 1.55. The number of azide groups is 1. The maximum atomic E-state index is 12.6. The van der Waals surface area contributed by atoms with Crippen molar-refractivity contribution in [3.05, 3.63) is 40.3 Å². The number of urea groups is 1. The van der Waals surface area contributed by atoms with E-state index in [-0.39, 0.29) is 35.3 Å². The minimum atomic E-state index is -1.15. The fraction of sp³-hybridized carbons (Fsp3) is 0.471. The molecule has 2 fully saturated rings. The topological polar surface area (TPSA) is 144 Å². The molecule has 27 heavy (non-hydrogen) atoms. The van der Waals surface area contributed by atoms with Gasteiger partial charge >= 0.3 is 12.0 Å². The van der Waals surface area contributed by atoms with Crippen LogP contribution in [-0.4, -0.2) is 46.0 Å². The SMILES string of the molecule is [N-]=[N+]=Nc1ccc(C(=O)C(CCC[C@@H]2SC[C@@H]3NC(=O)N[C@@H]32)C(=O)O)cc1. The largest absolute Gasteiger partial charge is 0.481 e. The molecule has 142 valence electrons. The Morgan fingerprint density at radius 1 is 1.33 bits per heavy atom. The Balaban J connectivity index is 1.57. The number of nitrogens with zero attached hydrogens (tertiary/aromatic N) is 3. The van der Waals surface area contributed by atoms with Crippen LogP contribution in [0.1, 0.15) is 29.6 Å². The Bertz CT molecular complexity index is 793. The smallest absolute Gasteiger partial charge is 0.315 e. The van der Waals surface area contributed by atoms with Crippen molar-refractivity contribution in [1.82, 2.24) is 10.6 Å². The second-order valence-electron chi connectivity index (χ2n) is 6.54. The van der Waals surface area contributed by atoms with E-state index in [1.807, 2.05) is 0 Å². The number of carbonyl (C=O) groups excluding carboxylic acids is 2. The van der Waals surface area contributed by atoms with Gasteiger partial charge in [0.25, 0.3) is 0 Å². The van der Waals surface area contributed by atoms with E-state index >= 15 is 0 Å². The molecule has 2 amide bonds. The van der Waals surface area contributed by atoms with Crippen LogP contribution in [0.15, 0.2) is 29.4 Å². The van der Waals surface area contributed by atoms with E-state index in [1.165, 1.54) is 24.3 Å². The number of carbonyl (C=O) groups is 3. The molecule has 4 atom stereocenters. The zero-order valence-corrected chi connectivity index (χ0v) is 15.2. The summed E-state index contributed by atoms with van der Waals surface area (Å²) in [5.41, 5.74) is 9.04. The van der Waals surface area contributed by atoms with Crippen molar-refractivity contribution < 1.29 is 19.5 Å². The number of hydrogen-bond acceptors (Lipinski definition) is 5. The van der Waals surface area contributed by atoms with Crippen molar-refractivity contribution in [1.29, 1.82) is 0 Å². The van der Waals surface area contributed by atoms with Crippen LogP contribution in [0.5, 0.6) is 0 Å². The van der Waals surface area contributed by atoms with E-state index in [9.17, 15) is 19.5 Å². The number of amides is 2. The fourth-order valence-corrected chi connectivity index (χ4v) is 5.02. The normalized spacial score (nSPS) is 24.3. The number of nitrogens with one attached hydrogen (secondary N) is 2. The maximum absolute atomic E-state index is 12.6. The van der Waals surface area contributed by atoms with Gasteiger partial charge in [-0.05, 0) is 18.4 Å². The average Bonchev–Trinajstić information content (AvgIpc) is 3.18. The van der Waals surface area contributed by atoms with Gasteiger partial charge in [0.2, 0.25) is 0 Å². The third-order valence-electron chi connectivity index (χ3n) is 4.85. The number of Topliss-reactive ketones (excluding diaryl/α,β-unsaturated/α-hetero) is 1. The summed E-state index contributed by atoms with van der Waals surface area (Å²) in [6.45, 7) is 0. The highest BCUT2D eigenvalue weighted by atomic mass is 32.2. The molecule has 1 aromatic rings. The van der Waals surface area contributed by atoms with Gasteiger partial charge in [0, 0.05) is 27.2 Å². The first-order chi connectivity index (χ1) is 13.0. The van der Waals surface area contributed by atoms with Crippen LogP contribution in [-0.2, 0) is 4.79 Å². The molecule has 0 bridgehead atoms. The summed E-state index contributed by atoms with van der Waals surface area (Å²) >= 11 is 1.76. The Morgan fingerprint density at radius 3 is 2.74 bits per heavy atom. The molecule has 3 rings (SSSR count). The standard InChI is InChI=1S/C17H19N5O4S/c18-22-21-10-6-4-9(5-7-10)15(23)11(16(24)25)2-1-3-13-14-12(8-27-13)19-17(26)20-14/h4-7,11-14H,1-3,8H2,(H,24,25)(H2,19,20,26)/t11?,12-,13-,14-/m0/s1. The second-order valence-corrected chi connectivity index (χ2v) is 7.82. The molecule has 1 unspecified atom stereocenters. The Hall–Kier alpha value is -2.71. The van der Waals surface area contributed by atoms with Gasteiger partial charge in [0.05, 0.1) is 12.1 Å². The zero-order valence-electron chi connectivity index (χ0n) is 14.4. The summed E-state index contributed by atoms with van der Waals surface area (Å²) in [5.74, 6) is -1.88. The first kappa shape index (κ1) is 19.1. The van der Waals surface area contributed by atoms with Gasteiger partial charge in [-0.25, -0.2) is 4.79 Å². The van der Waals surface area contributed by atoms with Gasteiger partial charge in [0.1, 0.15) is 5.92 Å². The number of benzene rings is 1. The molecule has 2 heterocycles. The predicted molar refractivity (Wildman–Crippen MR) is 100 cm³/mol. The highest BCUT2D eigenvalue weighted by Crippen LogP contribution is 2.33. The number of thioether (sulfide) groups is 1. The van der Waals surface area contributed by atoms with Crippen molar-refractivity contribution in [3.8, 4) is 0 Å². The number of carboxylic acids is 1. The molecule has 2 saturated heterocycles. The third kappa shape index (κ3) is 4.35. The lowest BCUT2D eigenvalue weighted by Gasteiger charge is -2.18. The quantitative estimate of drug-likeness (QED) is 0.156. The fourth-order valence-electron chi connectivity index (χ4n) is 3.48. The van der Waals surface area contributed by atoms with Gasteiger partial charge < -0.3 is 15.7 Å². The maximum Gasteiger partial charge on any atom is 0.315 e. The third-order valence-corrected chi connectivity index (χ3v) is 6.35. The summed E-state index contributed by atoms with van der Waals surface area (Å²) in [4.78, 5) is 38.2. The molecule has 0 aliphatic carbocycles. The molecule has 0 aromatic heterocycles. The van der Waals surface area contributed by atoms with Crippen molar-refractivity contribution in [2.24, 2.45) is 11.0 Å². The van der Waals surface area contributed by atoms with E-state index in [0.717, 1.165) is 12.2 Å². The van der Waals surface area contributed by atoms with E-state index < -0.39 is 17.7 Å². The summed E-state index contributed by atoms with van der Waals surface area (Å²) < 4.78 is 0. The van der Waals surface area contributed by atoms with Gasteiger partial charge in [0.15, 0.2) is 5.78 Å². The minimum absolute atomic E-state index is 0.0645. The first-order valence-electron chi connectivity index (χ1n) is 8.60. The molecule has 1 aromatic carbocycles. The zero-order chi connectivity index (χ0) is 19.4. The Kier molecular flexibility index (Phi) is 5.88. The van der Waals surface area contributed by atoms with Crippen LogP contribution in [0.4, 0.5) is 10.5 Å². The van der Waals surface area contributed by atoms with E-state index in [2.05, 4.69) is 20.7 Å². The molecule has 3 N–H and O–H groups in total. The van der Waals surface area contributed by atoms with Crippen LogP contribution in [0, 0.1) is 5.92 Å². The highest BCUT2D eigenvalue weighted by molar-refractivity contribution is 8.00. The minimum Gasteiger partial charge on any atom is -0.481 e. The second kappa shape index (κ2) is 8.32. The molecule has 0 saturated carbocycles. The monoisotopic (exact) mass is 389 g/mol. The predicted octanol–water partition coefficient (Wildman–Crippen LogP) is 2.85. The summed E-state index contributed by atoms with van der Waals surface area (Å²) in [6, 6.07) is 5.94. The van der Waals surface area contributed by atoms with E-state index in [4.69, 9.17) is 5.53 Å². The number of carboxylic acid groups (broad SMARTS) is 1. The van der Waals surface area contributed by atoms with Crippen LogP contribution in [0.25, 0.3) is 10.4 Å². The number of hydrogen-bond donors (Lipinski definition) is 3.